The van der Waals surface area contributed by atoms with Crippen LogP contribution in [0.4, 0.5) is 0 Å². The summed E-state index contributed by atoms with van der Waals surface area (Å²) in [5, 5.41) is 3.57. The van der Waals surface area contributed by atoms with Crippen molar-refractivity contribution in [3.63, 3.8) is 0 Å². The highest BCUT2D eigenvalue weighted by Gasteiger charge is 2.42. The van der Waals surface area contributed by atoms with Crippen LogP contribution in [0.25, 0.3) is 0 Å². The van der Waals surface area contributed by atoms with Crippen LogP contribution in [0.15, 0.2) is 24.5 Å². The Labute approximate surface area is 98.5 Å². The zero-order chi connectivity index (χ0) is 11.4. The number of aromatic nitrogens is 1. The van der Waals surface area contributed by atoms with Gasteiger partial charge in [0.05, 0.1) is 0 Å². The molecule has 2 nitrogen and oxygen atoms in total. The van der Waals surface area contributed by atoms with Crippen molar-refractivity contribution in [2.75, 3.05) is 13.1 Å². The first-order chi connectivity index (χ1) is 7.77. The highest BCUT2D eigenvalue weighted by molar-refractivity contribution is 5.26. The Kier molecular flexibility index (Phi) is 3.59. The molecule has 0 aromatic carbocycles. The molecule has 0 bridgehead atoms. The Morgan fingerprint density at radius 3 is 2.88 bits per heavy atom. The Morgan fingerprint density at radius 1 is 1.50 bits per heavy atom. The molecule has 1 aromatic rings. The molecule has 0 amide bonds. The third kappa shape index (κ3) is 2.27. The predicted molar refractivity (Wildman–Crippen MR) is 67.5 cm³/mol. The maximum absolute atomic E-state index is 4.26. The van der Waals surface area contributed by atoms with Gasteiger partial charge in [0, 0.05) is 24.4 Å². The second-order valence-electron chi connectivity index (χ2n) is 5.21. The van der Waals surface area contributed by atoms with Crippen molar-refractivity contribution in [3.05, 3.63) is 30.1 Å². The summed E-state index contributed by atoms with van der Waals surface area (Å²) >= 11 is 0. The lowest BCUT2D eigenvalue weighted by atomic mass is 9.59. The molecule has 16 heavy (non-hydrogen) atoms. The van der Waals surface area contributed by atoms with E-state index < -0.39 is 0 Å². The van der Waals surface area contributed by atoms with E-state index in [0.717, 1.165) is 19.0 Å². The van der Waals surface area contributed by atoms with Crippen molar-refractivity contribution in [3.8, 4) is 0 Å². The molecule has 1 aromatic heterocycles. The maximum Gasteiger partial charge on any atom is 0.0306 e. The van der Waals surface area contributed by atoms with E-state index in [1.165, 1.54) is 24.8 Å². The van der Waals surface area contributed by atoms with Gasteiger partial charge in [-0.2, -0.15) is 0 Å². The summed E-state index contributed by atoms with van der Waals surface area (Å²) in [6.07, 6.45) is 7.71. The number of pyridine rings is 1. The van der Waals surface area contributed by atoms with Crippen LogP contribution < -0.4 is 5.32 Å². The molecule has 2 rings (SSSR count). The molecule has 88 valence electrons. The van der Waals surface area contributed by atoms with E-state index in [1.807, 2.05) is 12.4 Å². The van der Waals surface area contributed by atoms with Gasteiger partial charge in [-0.05, 0) is 43.4 Å². The summed E-state index contributed by atoms with van der Waals surface area (Å²) in [4.78, 5) is 4.26. The van der Waals surface area contributed by atoms with E-state index in [4.69, 9.17) is 0 Å². The van der Waals surface area contributed by atoms with E-state index in [1.54, 1.807) is 0 Å². The molecule has 1 heterocycles. The van der Waals surface area contributed by atoms with Crippen molar-refractivity contribution < 1.29 is 0 Å². The van der Waals surface area contributed by atoms with Crippen LogP contribution in [0.1, 0.15) is 38.7 Å². The lowest BCUT2D eigenvalue weighted by Crippen LogP contribution is -2.48. The average molecular weight is 218 g/mol. The Hall–Kier alpha value is -0.890. The topological polar surface area (TPSA) is 24.9 Å². The molecular formula is C14H22N2. The van der Waals surface area contributed by atoms with Gasteiger partial charge in [-0.3, -0.25) is 4.98 Å². The van der Waals surface area contributed by atoms with Crippen molar-refractivity contribution in [2.45, 2.75) is 38.5 Å². The first-order valence-corrected chi connectivity index (χ1v) is 6.38. The lowest BCUT2D eigenvalue weighted by molar-refractivity contribution is 0.152. The van der Waals surface area contributed by atoms with E-state index in [0.29, 0.717) is 5.41 Å². The van der Waals surface area contributed by atoms with Crippen molar-refractivity contribution in [1.82, 2.24) is 10.3 Å². The molecule has 0 unspecified atom stereocenters. The van der Waals surface area contributed by atoms with Gasteiger partial charge in [0.2, 0.25) is 0 Å². The molecule has 1 aliphatic rings. The zero-order valence-corrected chi connectivity index (χ0v) is 10.4. The van der Waals surface area contributed by atoms with Crippen LogP contribution in [0.2, 0.25) is 0 Å². The SMILES string of the molecule is CCCNCC1(c2cccnc2)CC(C)C1. The number of hydrogen-bond acceptors (Lipinski definition) is 2. The molecule has 0 atom stereocenters. The summed E-state index contributed by atoms with van der Waals surface area (Å²) in [5.74, 6) is 0.864. The molecule has 1 N–H and O–H groups in total. The molecule has 2 heteroatoms. The van der Waals surface area contributed by atoms with Gasteiger partial charge in [-0.15, -0.1) is 0 Å². The van der Waals surface area contributed by atoms with Crippen LogP contribution in [-0.4, -0.2) is 18.1 Å². The first kappa shape index (κ1) is 11.6. The maximum atomic E-state index is 4.26. The van der Waals surface area contributed by atoms with Gasteiger partial charge in [-0.1, -0.05) is 19.9 Å². The molecule has 1 fully saturated rings. The molecular weight excluding hydrogens is 196 g/mol. The fraction of sp³-hybridized carbons (Fsp3) is 0.643. The molecule has 0 spiro atoms. The number of nitrogens with one attached hydrogen (secondary N) is 1. The molecule has 1 aliphatic carbocycles. The third-order valence-electron chi connectivity index (χ3n) is 3.64. The van der Waals surface area contributed by atoms with Crippen molar-refractivity contribution in [2.24, 2.45) is 5.92 Å². The van der Waals surface area contributed by atoms with Crippen LogP contribution in [-0.2, 0) is 5.41 Å². The number of hydrogen-bond donors (Lipinski definition) is 1. The summed E-state index contributed by atoms with van der Waals surface area (Å²) in [7, 11) is 0. The minimum atomic E-state index is 0.364. The van der Waals surface area contributed by atoms with Crippen LogP contribution in [0.5, 0.6) is 0 Å². The zero-order valence-electron chi connectivity index (χ0n) is 10.4. The number of nitrogens with zero attached hydrogens (tertiary/aromatic N) is 1. The minimum absolute atomic E-state index is 0.364. The smallest absolute Gasteiger partial charge is 0.0306 e. The molecule has 0 saturated heterocycles. The van der Waals surface area contributed by atoms with Gasteiger partial charge >= 0.3 is 0 Å². The normalized spacial score (nSPS) is 28.8. The van der Waals surface area contributed by atoms with Gasteiger partial charge < -0.3 is 5.32 Å². The first-order valence-electron chi connectivity index (χ1n) is 6.38. The fourth-order valence-electron chi connectivity index (χ4n) is 2.94. The molecule has 0 radical (unpaired) electrons. The quantitative estimate of drug-likeness (QED) is 0.769. The summed E-state index contributed by atoms with van der Waals surface area (Å²) in [6, 6.07) is 4.28. The largest absolute Gasteiger partial charge is 0.316 e. The summed E-state index contributed by atoms with van der Waals surface area (Å²) in [5.41, 5.74) is 1.78. The van der Waals surface area contributed by atoms with Crippen LogP contribution >= 0.6 is 0 Å². The predicted octanol–water partition coefficient (Wildman–Crippen LogP) is 2.75. The second-order valence-corrected chi connectivity index (χ2v) is 5.21. The Morgan fingerprint density at radius 2 is 2.31 bits per heavy atom. The van der Waals surface area contributed by atoms with E-state index in [-0.39, 0.29) is 0 Å². The van der Waals surface area contributed by atoms with E-state index >= 15 is 0 Å². The standard InChI is InChI=1S/C14H22N2/c1-3-6-16-11-14(8-12(2)9-14)13-5-4-7-15-10-13/h4-5,7,10,12,16H,3,6,8-9,11H2,1-2H3. The van der Waals surface area contributed by atoms with Gasteiger partial charge in [0.25, 0.3) is 0 Å². The van der Waals surface area contributed by atoms with Crippen molar-refractivity contribution in [1.29, 1.82) is 0 Å². The Bertz CT molecular complexity index is 315. The second kappa shape index (κ2) is 4.96. The van der Waals surface area contributed by atoms with Crippen molar-refractivity contribution >= 4 is 0 Å². The molecule has 1 saturated carbocycles. The fourth-order valence-corrected chi connectivity index (χ4v) is 2.94. The van der Waals surface area contributed by atoms with Crippen LogP contribution in [0, 0.1) is 5.92 Å². The van der Waals surface area contributed by atoms with Gasteiger partial charge in [0.1, 0.15) is 0 Å². The average Bonchev–Trinajstić information content (AvgIpc) is 2.28. The number of rotatable bonds is 5. The monoisotopic (exact) mass is 218 g/mol. The highest BCUT2D eigenvalue weighted by Crippen LogP contribution is 2.46. The summed E-state index contributed by atoms with van der Waals surface area (Å²) < 4.78 is 0. The third-order valence-corrected chi connectivity index (χ3v) is 3.64. The lowest BCUT2D eigenvalue weighted by Gasteiger charge is -2.47. The molecule has 0 aliphatic heterocycles. The minimum Gasteiger partial charge on any atom is -0.316 e. The van der Waals surface area contributed by atoms with E-state index in [9.17, 15) is 0 Å². The Balaban J connectivity index is 2.05. The highest BCUT2D eigenvalue weighted by atomic mass is 14.9. The van der Waals surface area contributed by atoms with Gasteiger partial charge in [-0.25, -0.2) is 0 Å². The van der Waals surface area contributed by atoms with E-state index in [2.05, 4.69) is 36.3 Å². The summed E-state index contributed by atoms with van der Waals surface area (Å²) in [6.45, 7) is 6.79. The van der Waals surface area contributed by atoms with Crippen LogP contribution in [0.3, 0.4) is 0 Å². The van der Waals surface area contributed by atoms with Gasteiger partial charge in [0.15, 0.2) is 0 Å².